The van der Waals surface area contributed by atoms with E-state index in [1.807, 2.05) is 0 Å². The van der Waals surface area contributed by atoms with Gasteiger partial charge in [0.2, 0.25) is 5.91 Å². The van der Waals surface area contributed by atoms with Crippen molar-refractivity contribution in [2.24, 2.45) is 0 Å². The largest absolute Gasteiger partial charge is 0.504 e. The van der Waals surface area contributed by atoms with Crippen LogP contribution in [0, 0.1) is 0 Å². The van der Waals surface area contributed by atoms with Crippen molar-refractivity contribution in [2.45, 2.75) is 12.6 Å². The highest BCUT2D eigenvalue weighted by Gasteiger charge is 2.37. The number of nitrogens with zero attached hydrogens (tertiary/aromatic N) is 1. The number of imide groups is 1. The summed E-state index contributed by atoms with van der Waals surface area (Å²) in [5.41, 5.74) is -0.692. The second-order valence-electron chi connectivity index (χ2n) is 5.68. The lowest BCUT2D eigenvalue weighted by Gasteiger charge is -2.15. The Morgan fingerprint density at radius 3 is 2.38 bits per heavy atom. The van der Waals surface area contributed by atoms with Crippen molar-refractivity contribution in [1.29, 1.82) is 0 Å². The van der Waals surface area contributed by atoms with E-state index in [0.29, 0.717) is 10.5 Å². The minimum absolute atomic E-state index is 0.0671. The molecule has 8 heteroatoms. The molecule has 0 atom stereocenters. The normalized spacial score (nSPS) is 16.6. The molecule has 0 bridgehead atoms. The average Bonchev–Trinajstić information content (AvgIpc) is 2.84. The van der Waals surface area contributed by atoms with Crippen molar-refractivity contribution >= 4 is 23.6 Å². The number of alkyl halides is 3. The first-order valence-electron chi connectivity index (χ1n) is 7.44. The zero-order valence-electron chi connectivity index (χ0n) is 13.1. The molecule has 1 fully saturated rings. The Morgan fingerprint density at radius 1 is 1.00 bits per heavy atom. The van der Waals surface area contributed by atoms with Crippen molar-refractivity contribution < 1.29 is 33.0 Å². The standard InChI is InChI=1S/C18H12F3NO4/c19-18(20,21)12-2-1-3-13(9-12)22-16(25)8-11(17(22)26)6-10-4-5-14(23)15(24)7-10/h1-7,9,23-24H,8H2. The number of hydrogen-bond acceptors (Lipinski definition) is 4. The van der Waals surface area contributed by atoms with Crippen LogP contribution < -0.4 is 4.90 Å². The van der Waals surface area contributed by atoms with E-state index in [2.05, 4.69) is 0 Å². The van der Waals surface area contributed by atoms with Crippen LogP contribution in [0.2, 0.25) is 0 Å². The molecule has 2 amide bonds. The number of halogens is 3. The second kappa shape index (κ2) is 6.21. The first-order chi connectivity index (χ1) is 12.2. The van der Waals surface area contributed by atoms with E-state index in [0.717, 1.165) is 18.2 Å². The van der Waals surface area contributed by atoms with E-state index in [1.54, 1.807) is 0 Å². The summed E-state index contributed by atoms with van der Waals surface area (Å²) in [6.07, 6.45) is -3.53. The molecular formula is C18H12F3NO4. The number of carbonyl (C=O) groups excluding carboxylic acids is 2. The van der Waals surface area contributed by atoms with Gasteiger partial charge in [0.1, 0.15) is 0 Å². The fourth-order valence-corrected chi connectivity index (χ4v) is 2.60. The molecule has 0 aliphatic carbocycles. The zero-order chi connectivity index (χ0) is 19.1. The monoisotopic (exact) mass is 363 g/mol. The van der Waals surface area contributed by atoms with E-state index in [9.17, 15) is 33.0 Å². The van der Waals surface area contributed by atoms with Crippen molar-refractivity contribution in [3.8, 4) is 11.5 Å². The van der Waals surface area contributed by atoms with Crippen LogP contribution in [0.1, 0.15) is 17.5 Å². The van der Waals surface area contributed by atoms with Crippen LogP contribution in [0.25, 0.3) is 6.08 Å². The maximum Gasteiger partial charge on any atom is 0.416 e. The van der Waals surface area contributed by atoms with Crippen LogP contribution in [0.5, 0.6) is 11.5 Å². The van der Waals surface area contributed by atoms with Gasteiger partial charge in [-0.2, -0.15) is 13.2 Å². The van der Waals surface area contributed by atoms with Gasteiger partial charge in [-0.1, -0.05) is 12.1 Å². The molecule has 1 aliphatic heterocycles. The molecule has 0 radical (unpaired) electrons. The zero-order valence-corrected chi connectivity index (χ0v) is 13.1. The van der Waals surface area contributed by atoms with Crippen LogP contribution in [-0.2, 0) is 15.8 Å². The van der Waals surface area contributed by atoms with E-state index in [-0.39, 0.29) is 23.4 Å². The molecule has 3 rings (SSSR count). The van der Waals surface area contributed by atoms with E-state index in [1.165, 1.54) is 30.3 Å². The minimum atomic E-state index is -4.59. The van der Waals surface area contributed by atoms with Gasteiger partial charge in [0.15, 0.2) is 11.5 Å². The number of aromatic hydroxyl groups is 2. The fraction of sp³-hybridized carbons (Fsp3) is 0.111. The van der Waals surface area contributed by atoms with Crippen LogP contribution in [-0.4, -0.2) is 22.0 Å². The fourth-order valence-electron chi connectivity index (χ4n) is 2.60. The van der Waals surface area contributed by atoms with Gasteiger partial charge in [-0.05, 0) is 42.0 Å². The molecule has 1 saturated heterocycles. The highest BCUT2D eigenvalue weighted by Crippen LogP contribution is 2.34. The molecule has 2 N–H and O–H groups in total. The number of benzene rings is 2. The van der Waals surface area contributed by atoms with E-state index >= 15 is 0 Å². The Morgan fingerprint density at radius 2 is 1.73 bits per heavy atom. The molecule has 2 aromatic carbocycles. The number of amides is 2. The molecule has 0 aromatic heterocycles. The number of rotatable bonds is 2. The predicted molar refractivity (Wildman–Crippen MR) is 86.3 cm³/mol. The van der Waals surface area contributed by atoms with Gasteiger partial charge >= 0.3 is 6.18 Å². The topological polar surface area (TPSA) is 77.8 Å². The molecule has 5 nitrogen and oxygen atoms in total. The smallest absolute Gasteiger partial charge is 0.416 e. The lowest BCUT2D eigenvalue weighted by molar-refractivity contribution is -0.137. The summed E-state index contributed by atoms with van der Waals surface area (Å²) in [7, 11) is 0. The van der Waals surface area contributed by atoms with Crippen molar-refractivity contribution in [2.75, 3.05) is 4.90 Å². The van der Waals surface area contributed by atoms with Gasteiger partial charge < -0.3 is 10.2 Å². The van der Waals surface area contributed by atoms with Crippen molar-refractivity contribution in [3.63, 3.8) is 0 Å². The third kappa shape index (κ3) is 3.26. The summed E-state index contributed by atoms with van der Waals surface area (Å²) in [5.74, 6) is -2.12. The minimum Gasteiger partial charge on any atom is -0.504 e. The van der Waals surface area contributed by atoms with Gasteiger partial charge in [0.05, 0.1) is 17.7 Å². The first kappa shape index (κ1) is 17.5. The number of phenols is 2. The number of hydrogen-bond donors (Lipinski definition) is 2. The first-order valence-corrected chi connectivity index (χ1v) is 7.44. The molecule has 2 aromatic rings. The summed E-state index contributed by atoms with van der Waals surface area (Å²) in [6.45, 7) is 0. The SMILES string of the molecule is O=C1CC(=Cc2ccc(O)c(O)c2)C(=O)N1c1cccc(C(F)(F)F)c1. The summed E-state index contributed by atoms with van der Waals surface area (Å²) in [5, 5.41) is 18.8. The Balaban J connectivity index is 1.94. The Kier molecular flexibility index (Phi) is 4.19. The molecule has 1 aliphatic rings. The van der Waals surface area contributed by atoms with Gasteiger partial charge in [-0.15, -0.1) is 0 Å². The Hall–Kier alpha value is -3.29. The summed E-state index contributed by atoms with van der Waals surface area (Å²) >= 11 is 0. The maximum atomic E-state index is 12.8. The third-order valence-electron chi connectivity index (χ3n) is 3.84. The lowest BCUT2D eigenvalue weighted by Crippen LogP contribution is -2.29. The third-order valence-corrected chi connectivity index (χ3v) is 3.84. The molecule has 0 unspecified atom stereocenters. The Bertz CT molecular complexity index is 934. The van der Waals surface area contributed by atoms with Crippen LogP contribution in [0.15, 0.2) is 48.0 Å². The number of carbonyl (C=O) groups is 2. The van der Waals surface area contributed by atoms with Crippen LogP contribution >= 0.6 is 0 Å². The van der Waals surface area contributed by atoms with Crippen LogP contribution in [0.4, 0.5) is 18.9 Å². The molecular weight excluding hydrogens is 351 g/mol. The maximum absolute atomic E-state index is 12.8. The van der Waals surface area contributed by atoms with Gasteiger partial charge in [0, 0.05) is 5.57 Å². The number of phenolic OH excluding ortho intramolecular Hbond substituents is 2. The van der Waals surface area contributed by atoms with Gasteiger partial charge in [-0.3, -0.25) is 9.59 Å². The molecule has 26 heavy (non-hydrogen) atoms. The quantitative estimate of drug-likeness (QED) is 0.487. The molecule has 1 heterocycles. The lowest BCUT2D eigenvalue weighted by atomic mass is 10.1. The molecule has 134 valence electrons. The molecule has 0 spiro atoms. The van der Waals surface area contributed by atoms with Gasteiger partial charge in [0.25, 0.3) is 5.91 Å². The van der Waals surface area contributed by atoms with E-state index in [4.69, 9.17) is 0 Å². The predicted octanol–water partition coefficient (Wildman–Crippen LogP) is 3.46. The highest BCUT2D eigenvalue weighted by atomic mass is 19.4. The highest BCUT2D eigenvalue weighted by molar-refractivity contribution is 6.29. The second-order valence-corrected chi connectivity index (χ2v) is 5.68. The summed E-state index contributed by atoms with van der Waals surface area (Å²) in [4.78, 5) is 25.3. The molecule has 0 saturated carbocycles. The van der Waals surface area contributed by atoms with Crippen LogP contribution in [0.3, 0.4) is 0 Å². The van der Waals surface area contributed by atoms with Crippen molar-refractivity contribution in [1.82, 2.24) is 0 Å². The Labute approximate surface area is 145 Å². The average molecular weight is 363 g/mol. The van der Waals surface area contributed by atoms with Gasteiger partial charge in [-0.25, -0.2) is 4.90 Å². The summed E-state index contributed by atoms with van der Waals surface area (Å²) in [6, 6.07) is 7.81. The number of anilines is 1. The van der Waals surface area contributed by atoms with Crippen molar-refractivity contribution in [3.05, 3.63) is 59.2 Å². The van der Waals surface area contributed by atoms with E-state index < -0.39 is 29.3 Å². The summed E-state index contributed by atoms with van der Waals surface area (Å²) < 4.78 is 38.5.